The summed E-state index contributed by atoms with van der Waals surface area (Å²) in [6.07, 6.45) is 0. The zero-order chi connectivity index (χ0) is 10.8. The molecule has 0 saturated carbocycles. The second kappa shape index (κ2) is 3.97. The number of sulfonamides is 1. The summed E-state index contributed by atoms with van der Waals surface area (Å²) in [6, 6.07) is 6.01. The minimum absolute atomic E-state index is 0.0656. The normalized spacial score (nSPS) is 10.9. The largest absolute Gasteiger partial charge is 0.369 e. The molecule has 76 valence electrons. The van der Waals surface area contributed by atoms with Crippen molar-refractivity contribution in [2.24, 2.45) is 5.73 Å². The maximum atomic E-state index is 11.4. The molecule has 1 rings (SSSR count). The highest BCUT2D eigenvalue weighted by atomic mass is 79.9. The lowest BCUT2D eigenvalue weighted by Crippen LogP contribution is -2.35. The Labute approximate surface area is 90.0 Å². The number of hydrogen-bond acceptors (Lipinski definition) is 3. The number of rotatable bonds is 2. The molecule has 0 atom stereocenters. The van der Waals surface area contributed by atoms with Crippen LogP contribution in [-0.4, -0.2) is 14.4 Å². The van der Waals surface area contributed by atoms with Gasteiger partial charge in [-0.15, -0.1) is 0 Å². The van der Waals surface area contributed by atoms with Gasteiger partial charge >= 0.3 is 0 Å². The maximum Gasteiger partial charge on any atom is 0.264 e. The lowest BCUT2D eigenvalue weighted by atomic mass is 10.4. The Bertz CT molecular complexity index is 441. The van der Waals surface area contributed by atoms with Crippen molar-refractivity contribution in [1.29, 1.82) is 5.41 Å². The van der Waals surface area contributed by atoms with E-state index < -0.39 is 16.0 Å². The highest BCUT2D eigenvalue weighted by Gasteiger charge is 2.13. The molecule has 0 aromatic heterocycles. The molecule has 0 saturated heterocycles. The number of nitrogens with two attached hydrogens (primary N) is 1. The van der Waals surface area contributed by atoms with Crippen molar-refractivity contribution in [2.45, 2.75) is 4.90 Å². The summed E-state index contributed by atoms with van der Waals surface area (Å²) in [5.74, 6) is -0.604. The van der Waals surface area contributed by atoms with Gasteiger partial charge in [0.1, 0.15) is 0 Å². The Morgan fingerprint density at radius 3 is 2.29 bits per heavy atom. The van der Waals surface area contributed by atoms with Crippen molar-refractivity contribution >= 4 is 31.9 Å². The van der Waals surface area contributed by atoms with E-state index in [1.165, 1.54) is 12.1 Å². The summed E-state index contributed by atoms with van der Waals surface area (Å²) < 4.78 is 25.5. The third-order valence-electron chi connectivity index (χ3n) is 1.37. The summed E-state index contributed by atoms with van der Waals surface area (Å²) in [6.45, 7) is 0. The van der Waals surface area contributed by atoms with Gasteiger partial charge in [0.25, 0.3) is 10.0 Å². The number of hydrogen-bond donors (Lipinski definition) is 3. The SMILES string of the molecule is N=C(N)NS(=O)(=O)c1ccc(Br)cc1. The molecule has 0 amide bonds. The average molecular weight is 278 g/mol. The van der Waals surface area contributed by atoms with Crippen LogP contribution in [0.4, 0.5) is 0 Å². The van der Waals surface area contributed by atoms with Gasteiger partial charge in [0.2, 0.25) is 0 Å². The molecule has 0 radical (unpaired) electrons. The van der Waals surface area contributed by atoms with Gasteiger partial charge in [-0.2, -0.15) is 0 Å². The van der Waals surface area contributed by atoms with E-state index >= 15 is 0 Å². The van der Waals surface area contributed by atoms with E-state index in [0.29, 0.717) is 0 Å². The number of benzene rings is 1. The molecule has 0 bridgehead atoms. The van der Waals surface area contributed by atoms with Crippen molar-refractivity contribution in [1.82, 2.24) is 4.72 Å². The van der Waals surface area contributed by atoms with Crippen LogP contribution in [0.2, 0.25) is 0 Å². The monoisotopic (exact) mass is 277 g/mol. The summed E-state index contributed by atoms with van der Waals surface area (Å²) in [5, 5.41) is 6.82. The highest BCUT2D eigenvalue weighted by Crippen LogP contribution is 2.13. The number of nitrogens with one attached hydrogen (secondary N) is 2. The van der Waals surface area contributed by atoms with Crippen LogP contribution < -0.4 is 10.5 Å². The van der Waals surface area contributed by atoms with Gasteiger partial charge in [0.15, 0.2) is 5.96 Å². The minimum atomic E-state index is -3.70. The molecule has 0 aliphatic heterocycles. The Morgan fingerprint density at radius 2 is 1.86 bits per heavy atom. The highest BCUT2D eigenvalue weighted by molar-refractivity contribution is 9.10. The van der Waals surface area contributed by atoms with E-state index in [9.17, 15) is 8.42 Å². The first-order valence-electron chi connectivity index (χ1n) is 3.54. The number of halogens is 1. The molecule has 7 heteroatoms. The summed E-state index contributed by atoms with van der Waals surface area (Å²) in [7, 11) is -3.70. The molecule has 1 aromatic carbocycles. The molecular weight excluding hydrogens is 270 g/mol. The third-order valence-corrected chi connectivity index (χ3v) is 3.28. The van der Waals surface area contributed by atoms with Crippen LogP contribution in [0.25, 0.3) is 0 Å². The molecule has 0 aliphatic rings. The first-order chi connectivity index (χ1) is 6.42. The van der Waals surface area contributed by atoms with Crippen molar-refractivity contribution in [3.8, 4) is 0 Å². The zero-order valence-electron chi connectivity index (χ0n) is 6.99. The van der Waals surface area contributed by atoms with Crippen molar-refractivity contribution in [2.75, 3.05) is 0 Å². The standard InChI is InChI=1S/C7H8BrN3O2S/c8-5-1-3-6(4-2-5)14(12,13)11-7(9)10/h1-4H,(H4,9,10,11). The first kappa shape index (κ1) is 11.0. The molecule has 5 nitrogen and oxygen atoms in total. The molecule has 4 N–H and O–H groups in total. The zero-order valence-corrected chi connectivity index (χ0v) is 9.39. The molecule has 0 unspecified atom stereocenters. The second-order valence-electron chi connectivity index (χ2n) is 2.47. The van der Waals surface area contributed by atoms with Crippen molar-refractivity contribution in [3.63, 3.8) is 0 Å². The van der Waals surface area contributed by atoms with Crippen LogP contribution in [0, 0.1) is 5.41 Å². The fraction of sp³-hybridized carbons (Fsp3) is 0. The van der Waals surface area contributed by atoms with E-state index in [1.54, 1.807) is 12.1 Å². The van der Waals surface area contributed by atoms with Crippen LogP contribution in [-0.2, 0) is 10.0 Å². The Morgan fingerprint density at radius 1 is 1.36 bits per heavy atom. The summed E-state index contributed by atoms with van der Waals surface area (Å²) in [4.78, 5) is 0.0656. The molecule has 0 aliphatic carbocycles. The summed E-state index contributed by atoms with van der Waals surface area (Å²) >= 11 is 3.18. The predicted molar refractivity (Wildman–Crippen MR) is 56.4 cm³/mol. The lowest BCUT2D eigenvalue weighted by molar-refractivity contribution is 0.592. The second-order valence-corrected chi connectivity index (χ2v) is 5.07. The van der Waals surface area contributed by atoms with E-state index in [0.717, 1.165) is 4.47 Å². The van der Waals surface area contributed by atoms with Crippen LogP contribution in [0.15, 0.2) is 33.6 Å². The molecule has 0 fully saturated rings. The fourth-order valence-electron chi connectivity index (χ4n) is 0.817. The van der Waals surface area contributed by atoms with Gasteiger partial charge in [0.05, 0.1) is 4.90 Å². The van der Waals surface area contributed by atoms with E-state index in [2.05, 4.69) is 15.9 Å². The van der Waals surface area contributed by atoms with Gasteiger partial charge in [-0.05, 0) is 24.3 Å². The average Bonchev–Trinajstić information content (AvgIpc) is 2.02. The van der Waals surface area contributed by atoms with Crippen molar-refractivity contribution < 1.29 is 8.42 Å². The van der Waals surface area contributed by atoms with Crippen LogP contribution in [0.5, 0.6) is 0 Å². The smallest absolute Gasteiger partial charge is 0.264 e. The van der Waals surface area contributed by atoms with Crippen LogP contribution in [0.1, 0.15) is 0 Å². The fourth-order valence-corrected chi connectivity index (χ4v) is 1.98. The minimum Gasteiger partial charge on any atom is -0.369 e. The Kier molecular flexibility index (Phi) is 3.12. The predicted octanol–water partition coefficient (Wildman–Crippen LogP) is 0.621. The van der Waals surface area contributed by atoms with Gasteiger partial charge in [-0.3, -0.25) is 5.41 Å². The lowest BCUT2D eigenvalue weighted by Gasteiger charge is -2.05. The molecular formula is C7H8BrN3O2S. The topological polar surface area (TPSA) is 96.0 Å². The van der Waals surface area contributed by atoms with Crippen LogP contribution in [0.3, 0.4) is 0 Å². The third kappa shape index (κ3) is 2.71. The Balaban J connectivity index is 3.05. The quantitative estimate of drug-likeness (QED) is 0.546. The first-order valence-corrected chi connectivity index (χ1v) is 5.82. The molecule has 1 aromatic rings. The number of guanidine groups is 1. The molecule has 14 heavy (non-hydrogen) atoms. The van der Waals surface area contributed by atoms with Crippen LogP contribution >= 0.6 is 15.9 Å². The van der Waals surface area contributed by atoms with E-state index in [1.807, 2.05) is 4.72 Å². The van der Waals surface area contributed by atoms with Gasteiger partial charge in [-0.1, -0.05) is 15.9 Å². The van der Waals surface area contributed by atoms with Gasteiger partial charge in [-0.25, -0.2) is 13.1 Å². The molecule has 0 heterocycles. The van der Waals surface area contributed by atoms with Gasteiger partial charge in [0, 0.05) is 4.47 Å². The van der Waals surface area contributed by atoms with Gasteiger partial charge < -0.3 is 5.73 Å². The Hall–Kier alpha value is -1.08. The van der Waals surface area contributed by atoms with E-state index in [4.69, 9.17) is 11.1 Å². The summed E-state index contributed by atoms with van der Waals surface area (Å²) in [5.41, 5.74) is 4.93. The van der Waals surface area contributed by atoms with E-state index in [-0.39, 0.29) is 4.90 Å². The maximum absolute atomic E-state index is 11.4. The van der Waals surface area contributed by atoms with Crippen molar-refractivity contribution in [3.05, 3.63) is 28.7 Å². The molecule has 0 spiro atoms.